The van der Waals surface area contributed by atoms with Crippen molar-refractivity contribution >= 4 is 0 Å². The minimum Gasteiger partial charge on any atom is -0.395 e. The molecule has 0 aromatic carbocycles. The SMILES string of the molecule is CN1CC(C)(C)OCC1CO. The molecular formula is C8H17NO2. The van der Waals surface area contributed by atoms with E-state index in [0.29, 0.717) is 6.61 Å². The molecule has 1 aliphatic rings. The Bertz CT molecular complexity index is 136. The second-order valence-corrected chi connectivity index (χ2v) is 3.82. The lowest BCUT2D eigenvalue weighted by atomic mass is 10.1. The van der Waals surface area contributed by atoms with Gasteiger partial charge in [0.1, 0.15) is 0 Å². The van der Waals surface area contributed by atoms with Gasteiger partial charge in [0.05, 0.1) is 24.9 Å². The van der Waals surface area contributed by atoms with Gasteiger partial charge < -0.3 is 9.84 Å². The molecule has 1 N–H and O–H groups in total. The zero-order valence-electron chi connectivity index (χ0n) is 7.50. The van der Waals surface area contributed by atoms with Crippen LogP contribution in [0.4, 0.5) is 0 Å². The number of hydrogen-bond acceptors (Lipinski definition) is 3. The second-order valence-electron chi connectivity index (χ2n) is 3.82. The third kappa shape index (κ3) is 2.15. The molecule has 0 aromatic heterocycles. The number of aliphatic hydroxyl groups is 1. The number of nitrogens with zero attached hydrogens (tertiary/aromatic N) is 1. The lowest BCUT2D eigenvalue weighted by Crippen LogP contribution is -2.53. The van der Waals surface area contributed by atoms with Gasteiger partial charge in [-0.15, -0.1) is 0 Å². The van der Waals surface area contributed by atoms with Crippen LogP contribution < -0.4 is 0 Å². The van der Waals surface area contributed by atoms with E-state index in [1.807, 2.05) is 7.05 Å². The fourth-order valence-corrected chi connectivity index (χ4v) is 1.42. The van der Waals surface area contributed by atoms with Crippen molar-refractivity contribution in [2.45, 2.75) is 25.5 Å². The molecule has 1 fully saturated rings. The third-order valence-electron chi connectivity index (χ3n) is 2.13. The van der Waals surface area contributed by atoms with E-state index in [2.05, 4.69) is 18.7 Å². The van der Waals surface area contributed by atoms with Crippen molar-refractivity contribution in [1.82, 2.24) is 4.90 Å². The van der Waals surface area contributed by atoms with Gasteiger partial charge in [-0.2, -0.15) is 0 Å². The summed E-state index contributed by atoms with van der Waals surface area (Å²) < 4.78 is 5.54. The lowest BCUT2D eigenvalue weighted by Gasteiger charge is -2.41. The number of hydrogen-bond donors (Lipinski definition) is 1. The first-order chi connectivity index (χ1) is 5.05. The van der Waals surface area contributed by atoms with Crippen molar-refractivity contribution in [3.63, 3.8) is 0 Å². The minimum absolute atomic E-state index is 0.0551. The average molecular weight is 159 g/mol. The predicted octanol–water partition coefficient (Wildman–Crippen LogP) is 0.0879. The van der Waals surface area contributed by atoms with E-state index >= 15 is 0 Å². The van der Waals surface area contributed by atoms with Crippen molar-refractivity contribution in [1.29, 1.82) is 0 Å². The Morgan fingerprint density at radius 1 is 1.64 bits per heavy atom. The van der Waals surface area contributed by atoms with Crippen LogP contribution in [0.15, 0.2) is 0 Å². The molecule has 1 unspecified atom stereocenters. The molecule has 3 nitrogen and oxygen atoms in total. The van der Waals surface area contributed by atoms with Crippen LogP contribution in [0, 0.1) is 0 Å². The van der Waals surface area contributed by atoms with Gasteiger partial charge in [-0.1, -0.05) is 0 Å². The predicted molar refractivity (Wildman–Crippen MR) is 43.5 cm³/mol. The number of rotatable bonds is 1. The van der Waals surface area contributed by atoms with E-state index in [-0.39, 0.29) is 18.2 Å². The normalized spacial score (nSPS) is 32.2. The Morgan fingerprint density at radius 2 is 2.27 bits per heavy atom. The van der Waals surface area contributed by atoms with Gasteiger partial charge in [-0.05, 0) is 20.9 Å². The summed E-state index contributed by atoms with van der Waals surface area (Å²) in [6, 6.07) is 0.183. The number of aliphatic hydroxyl groups excluding tert-OH is 1. The van der Waals surface area contributed by atoms with Crippen molar-refractivity contribution in [3.8, 4) is 0 Å². The summed E-state index contributed by atoms with van der Waals surface area (Å²) in [7, 11) is 2.02. The molecule has 66 valence electrons. The van der Waals surface area contributed by atoms with Crippen LogP contribution >= 0.6 is 0 Å². The summed E-state index contributed by atoms with van der Waals surface area (Å²) in [5, 5.41) is 8.91. The molecule has 11 heavy (non-hydrogen) atoms. The van der Waals surface area contributed by atoms with Gasteiger partial charge in [0.2, 0.25) is 0 Å². The Kier molecular flexibility index (Phi) is 2.52. The van der Waals surface area contributed by atoms with Crippen molar-refractivity contribution in [2.24, 2.45) is 0 Å². The zero-order valence-corrected chi connectivity index (χ0v) is 7.50. The van der Waals surface area contributed by atoms with Crippen molar-refractivity contribution in [3.05, 3.63) is 0 Å². The molecule has 1 atom stereocenters. The summed E-state index contributed by atoms with van der Waals surface area (Å²) >= 11 is 0. The average Bonchev–Trinajstić information content (AvgIpc) is 1.86. The van der Waals surface area contributed by atoms with Crippen LogP contribution in [0.2, 0.25) is 0 Å². The molecule has 1 aliphatic heterocycles. The summed E-state index contributed by atoms with van der Waals surface area (Å²) in [5.74, 6) is 0. The second kappa shape index (κ2) is 3.09. The van der Waals surface area contributed by atoms with Crippen LogP contribution in [0.5, 0.6) is 0 Å². The summed E-state index contributed by atoms with van der Waals surface area (Å²) in [6.07, 6.45) is 0. The first kappa shape index (κ1) is 8.97. The van der Waals surface area contributed by atoms with Gasteiger partial charge in [-0.25, -0.2) is 0 Å². The van der Waals surface area contributed by atoms with Gasteiger partial charge in [0.15, 0.2) is 0 Å². The van der Waals surface area contributed by atoms with Crippen LogP contribution in [0.25, 0.3) is 0 Å². The van der Waals surface area contributed by atoms with Crippen molar-refractivity contribution < 1.29 is 9.84 Å². The molecular weight excluding hydrogens is 142 g/mol. The molecule has 0 saturated carbocycles. The molecule has 0 bridgehead atoms. The quantitative estimate of drug-likeness (QED) is 0.588. The molecule has 0 aliphatic carbocycles. The maximum absolute atomic E-state index is 8.91. The molecule has 0 radical (unpaired) electrons. The largest absolute Gasteiger partial charge is 0.395 e. The minimum atomic E-state index is -0.0551. The van der Waals surface area contributed by atoms with Crippen LogP contribution in [-0.4, -0.2) is 48.5 Å². The summed E-state index contributed by atoms with van der Waals surface area (Å²) in [4.78, 5) is 2.14. The molecule has 0 amide bonds. The van der Waals surface area contributed by atoms with E-state index in [1.165, 1.54) is 0 Å². The highest BCUT2D eigenvalue weighted by Crippen LogP contribution is 2.18. The fourth-order valence-electron chi connectivity index (χ4n) is 1.42. The van der Waals surface area contributed by atoms with Gasteiger partial charge in [0.25, 0.3) is 0 Å². The van der Waals surface area contributed by atoms with Gasteiger partial charge in [0, 0.05) is 6.54 Å². The third-order valence-corrected chi connectivity index (χ3v) is 2.13. The highest BCUT2D eigenvalue weighted by molar-refractivity contribution is 4.82. The maximum Gasteiger partial charge on any atom is 0.0753 e. The Balaban J connectivity index is 2.48. The first-order valence-electron chi connectivity index (χ1n) is 4.00. The smallest absolute Gasteiger partial charge is 0.0753 e. The Morgan fingerprint density at radius 3 is 2.73 bits per heavy atom. The van der Waals surface area contributed by atoms with E-state index in [9.17, 15) is 0 Å². The monoisotopic (exact) mass is 159 g/mol. The van der Waals surface area contributed by atoms with Crippen molar-refractivity contribution in [2.75, 3.05) is 26.8 Å². The van der Waals surface area contributed by atoms with E-state index in [4.69, 9.17) is 9.84 Å². The summed E-state index contributed by atoms with van der Waals surface area (Å²) in [5.41, 5.74) is -0.0551. The van der Waals surface area contributed by atoms with Crippen LogP contribution in [-0.2, 0) is 4.74 Å². The van der Waals surface area contributed by atoms with Gasteiger partial charge >= 0.3 is 0 Å². The van der Waals surface area contributed by atoms with E-state index in [1.54, 1.807) is 0 Å². The lowest BCUT2D eigenvalue weighted by molar-refractivity contribution is -0.115. The molecule has 1 saturated heterocycles. The highest BCUT2D eigenvalue weighted by atomic mass is 16.5. The van der Waals surface area contributed by atoms with E-state index < -0.39 is 0 Å². The first-order valence-corrected chi connectivity index (χ1v) is 4.00. The summed E-state index contributed by atoms with van der Waals surface area (Å²) in [6.45, 7) is 5.85. The van der Waals surface area contributed by atoms with Crippen LogP contribution in [0.1, 0.15) is 13.8 Å². The fraction of sp³-hybridized carbons (Fsp3) is 1.00. The molecule has 0 aromatic rings. The Hall–Kier alpha value is -0.120. The Labute approximate surface area is 68.0 Å². The molecule has 0 spiro atoms. The number of ether oxygens (including phenoxy) is 1. The van der Waals surface area contributed by atoms with Crippen LogP contribution in [0.3, 0.4) is 0 Å². The molecule has 1 rings (SSSR count). The van der Waals surface area contributed by atoms with Gasteiger partial charge in [-0.3, -0.25) is 4.90 Å². The topological polar surface area (TPSA) is 32.7 Å². The zero-order chi connectivity index (χ0) is 8.48. The molecule has 1 heterocycles. The maximum atomic E-state index is 8.91. The number of morpholine rings is 1. The number of likely N-dealkylation sites (N-methyl/N-ethyl adjacent to an activating group) is 1. The van der Waals surface area contributed by atoms with E-state index in [0.717, 1.165) is 6.54 Å². The highest BCUT2D eigenvalue weighted by Gasteiger charge is 2.30. The standard InChI is InChI=1S/C8H17NO2/c1-8(2)6-9(3)7(4-10)5-11-8/h7,10H,4-6H2,1-3H3. The molecule has 3 heteroatoms.